The molecule has 36 heavy (non-hydrogen) atoms. The highest BCUT2D eigenvalue weighted by Gasteiger charge is 2.54. The van der Waals surface area contributed by atoms with E-state index in [1.807, 2.05) is 0 Å². The fourth-order valence-corrected chi connectivity index (χ4v) is 4.52. The van der Waals surface area contributed by atoms with Crippen molar-refractivity contribution < 1.29 is 59.5 Å². The van der Waals surface area contributed by atoms with Gasteiger partial charge in [-0.15, -0.1) is 0 Å². The molecule has 0 radical (unpaired) electrons. The summed E-state index contributed by atoms with van der Waals surface area (Å²) in [5.41, 5.74) is -1.70. The zero-order valence-corrected chi connectivity index (χ0v) is 21.0. The van der Waals surface area contributed by atoms with Crippen molar-refractivity contribution in [2.24, 2.45) is 0 Å². The number of esters is 1. The Hall–Kier alpha value is -0.930. The van der Waals surface area contributed by atoms with E-state index in [2.05, 4.69) is 6.92 Å². The largest absolute Gasteiger partial charge is 0.463 e. The summed E-state index contributed by atoms with van der Waals surface area (Å²) in [5.74, 6) is -0.443. The van der Waals surface area contributed by atoms with Gasteiger partial charge in [0.15, 0.2) is 0 Å². The second kappa shape index (κ2) is 15.5. The van der Waals surface area contributed by atoms with Crippen LogP contribution in [0.3, 0.4) is 0 Å². The van der Waals surface area contributed by atoms with Gasteiger partial charge in [-0.3, -0.25) is 4.79 Å². The standard InChI is InChI=1S/C24H44O12/c1-2-3-4-5-6-7-8-9-18(27)34-12-17-20(29)22(31)19(28)16(35-17)11-33-14-24(13-26)23(32)21(30)15(10-25)36-24/h15-17,19-23,25-26,28-32H,2-14H2,1H3/t15-,16+,17?,19?,20-,21+,22+,23?,24-/m0/s1. The number of rotatable bonds is 16. The monoisotopic (exact) mass is 524 g/mol. The third-order valence-electron chi connectivity index (χ3n) is 6.91. The summed E-state index contributed by atoms with van der Waals surface area (Å²) in [4.78, 5) is 12.1. The van der Waals surface area contributed by atoms with Crippen molar-refractivity contribution >= 4 is 5.97 Å². The first-order chi connectivity index (χ1) is 17.2. The van der Waals surface area contributed by atoms with E-state index < -0.39 is 80.2 Å². The average Bonchev–Trinajstić information content (AvgIpc) is 3.12. The van der Waals surface area contributed by atoms with E-state index in [9.17, 15) is 40.5 Å². The quantitative estimate of drug-likeness (QED) is 0.0902. The van der Waals surface area contributed by atoms with E-state index in [0.29, 0.717) is 6.42 Å². The van der Waals surface area contributed by atoms with Crippen LogP contribution in [0.5, 0.6) is 0 Å². The third-order valence-corrected chi connectivity index (χ3v) is 6.91. The molecule has 0 spiro atoms. The van der Waals surface area contributed by atoms with E-state index in [-0.39, 0.29) is 19.6 Å². The number of carbonyl (C=O) groups excluding carboxylic acids is 1. The Morgan fingerprint density at radius 3 is 2.00 bits per heavy atom. The van der Waals surface area contributed by atoms with Gasteiger partial charge in [-0.05, 0) is 6.42 Å². The first-order valence-corrected chi connectivity index (χ1v) is 12.9. The van der Waals surface area contributed by atoms with Crippen LogP contribution in [0.15, 0.2) is 0 Å². The van der Waals surface area contributed by atoms with Crippen molar-refractivity contribution in [1.82, 2.24) is 0 Å². The minimum Gasteiger partial charge on any atom is -0.463 e. The predicted octanol–water partition coefficient (Wildman–Crippen LogP) is -1.62. The minimum atomic E-state index is -1.70. The molecule has 12 nitrogen and oxygen atoms in total. The topological polar surface area (TPSA) is 196 Å². The zero-order chi connectivity index (χ0) is 26.7. The van der Waals surface area contributed by atoms with E-state index in [0.717, 1.165) is 19.3 Å². The van der Waals surface area contributed by atoms with Crippen molar-refractivity contribution in [3.63, 3.8) is 0 Å². The molecule has 2 aliphatic heterocycles. The average molecular weight is 525 g/mol. The number of aliphatic hydroxyl groups is 7. The molecule has 0 amide bonds. The van der Waals surface area contributed by atoms with Gasteiger partial charge in [0.2, 0.25) is 0 Å². The van der Waals surface area contributed by atoms with E-state index >= 15 is 0 Å². The number of carbonyl (C=O) groups is 1. The highest BCUT2D eigenvalue weighted by Crippen LogP contribution is 2.32. The van der Waals surface area contributed by atoms with Gasteiger partial charge >= 0.3 is 5.97 Å². The van der Waals surface area contributed by atoms with Crippen LogP contribution in [-0.2, 0) is 23.7 Å². The van der Waals surface area contributed by atoms with Crippen LogP contribution in [0.2, 0.25) is 0 Å². The molecule has 2 heterocycles. The number of ether oxygens (including phenoxy) is 4. The van der Waals surface area contributed by atoms with Crippen LogP contribution < -0.4 is 0 Å². The summed E-state index contributed by atoms with van der Waals surface area (Å²) in [5, 5.41) is 69.9. The lowest BCUT2D eigenvalue weighted by Gasteiger charge is -2.40. The SMILES string of the molecule is CCCCCCCCCC(=O)OCC1O[C@H](COC[C@]2(CO)O[C@@H](CO)[C@@H](O)C2O)C(O)[C@@H](O)[C@H]1O. The molecule has 12 heteroatoms. The fraction of sp³-hybridized carbons (Fsp3) is 0.958. The molecule has 0 bridgehead atoms. The maximum absolute atomic E-state index is 12.1. The zero-order valence-electron chi connectivity index (χ0n) is 21.0. The lowest BCUT2D eigenvalue weighted by atomic mass is 9.95. The molecule has 2 rings (SSSR count). The Balaban J connectivity index is 1.78. The van der Waals surface area contributed by atoms with Gasteiger partial charge in [0, 0.05) is 6.42 Å². The van der Waals surface area contributed by atoms with Gasteiger partial charge in [-0.1, -0.05) is 45.4 Å². The summed E-state index contributed by atoms with van der Waals surface area (Å²) in [6.07, 6.45) is -3.25. The Morgan fingerprint density at radius 1 is 0.806 bits per heavy atom. The van der Waals surface area contributed by atoms with E-state index in [1.165, 1.54) is 19.3 Å². The predicted molar refractivity (Wildman–Crippen MR) is 125 cm³/mol. The van der Waals surface area contributed by atoms with Crippen molar-refractivity contribution in [3.05, 3.63) is 0 Å². The first-order valence-electron chi connectivity index (χ1n) is 12.9. The number of hydrogen-bond donors (Lipinski definition) is 7. The summed E-state index contributed by atoms with van der Waals surface area (Å²) in [6, 6.07) is 0. The molecule has 0 saturated carbocycles. The molecule has 0 aliphatic carbocycles. The highest BCUT2D eigenvalue weighted by molar-refractivity contribution is 5.69. The maximum Gasteiger partial charge on any atom is 0.305 e. The van der Waals surface area contributed by atoms with Crippen LogP contribution in [0.1, 0.15) is 58.3 Å². The number of hydrogen-bond acceptors (Lipinski definition) is 12. The van der Waals surface area contributed by atoms with Gasteiger partial charge in [0.05, 0.1) is 26.4 Å². The molecule has 2 fully saturated rings. The molecule has 0 aromatic rings. The van der Waals surface area contributed by atoms with Crippen LogP contribution in [0, 0.1) is 0 Å². The van der Waals surface area contributed by atoms with Crippen molar-refractivity contribution in [3.8, 4) is 0 Å². The highest BCUT2D eigenvalue weighted by atomic mass is 16.6. The molecule has 9 atom stereocenters. The second-order valence-corrected chi connectivity index (χ2v) is 9.75. The first kappa shape index (κ1) is 31.3. The van der Waals surface area contributed by atoms with Crippen molar-refractivity contribution in [2.45, 2.75) is 113 Å². The van der Waals surface area contributed by atoms with Gasteiger partial charge in [0.25, 0.3) is 0 Å². The molecular formula is C24H44O12. The van der Waals surface area contributed by atoms with Crippen LogP contribution in [0.4, 0.5) is 0 Å². The molecule has 0 aromatic heterocycles. The maximum atomic E-state index is 12.1. The fourth-order valence-electron chi connectivity index (χ4n) is 4.52. The van der Waals surface area contributed by atoms with Crippen molar-refractivity contribution in [2.75, 3.05) is 33.0 Å². The Labute approximate surface area is 211 Å². The Morgan fingerprint density at radius 2 is 1.42 bits per heavy atom. The second-order valence-electron chi connectivity index (χ2n) is 9.75. The minimum absolute atomic E-state index is 0.237. The Kier molecular flexibility index (Phi) is 13.4. The van der Waals surface area contributed by atoms with Gasteiger partial charge < -0.3 is 54.7 Å². The van der Waals surface area contributed by atoms with E-state index in [4.69, 9.17) is 18.9 Å². The molecule has 7 N–H and O–H groups in total. The molecular weight excluding hydrogens is 480 g/mol. The summed E-state index contributed by atoms with van der Waals surface area (Å²) in [7, 11) is 0. The molecule has 2 saturated heterocycles. The van der Waals surface area contributed by atoms with Crippen LogP contribution >= 0.6 is 0 Å². The van der Waals surface area contributed by atoms with E-state index in [1.54, 1.807) is 0 Å². The lowest BCUT2D eigenvalue weighted by molar-refractivity contribution is -0.246. The summed E-state index contributed by atoms with van der Waals surface area (Å²) < 4.78 is 21.7. The van der Waals surface area contributed by atoms with Crippen molar-refractivity contribution in [1.29, 1.82) is 0 Å². The Bertz CT molecular complexity index is 636. The summed E-state index contributed by atoms with van der Waals surface area (Å²) in [6.45, 7) is -0.195. The molecule has 212 valence electrons. The molecule has 0 aromatic carbocycles. The molecule has 2 aliphatic rings. The van der Waals surface area contributed by atoms with Gasteiger partial charge in [0.1, 0.15) is 61.0 Å². The smallest absolute Gasteiger partial charge is 0.305 e. The van der Waals surface area contributed by atoms with Crippen LogP contribution in [0.25, 0.3) is 0 Å². The summed E-state index contributed by atoms with van der Waals surface area (Å²) >= 11 is 0. The van der Waals surface area contributed by atoms with Gasteiger partial charge in [-0.2, -0.15) is 0 Å². The van der Waals surface area contributed by atoms with Gasteiger partial charge in [-0.25, -0.2) is 0 Å². The molecule has 3 unspecified atom stereocenters. The van der Waals surface area contributed by atoms with Crippen LogP contribution in [-0.4, -0.2) is 129 Å². The third kappa shape index (κ3) is 8.29. The number of aliphatic hydroxyl groups excluding tert-OH is 7. The number of unbranched alkanes of at least 4 members (excludes halogenated alkanes) is 6. The lowest BCUT2D eigenvalue weighted by Crippen LogP contribution is -2.60. The normalized spacial score (nSPS) is 36.8.